The predicted octanol–water partition coefficient (Wildman–Crippen LogP) is 2.23. The Morgan fingerprint density at radius 1 is 1.27 bits per heavy atom. The summed E-state index contributed by atoms with van der Waals surface area (Å²) in [4.78, 5) is 10.8. The smallest absolute Gasteiger partial charge is 0.335 e. The molecule has 0 radical (unpaired) electrons. The second-order valence-corrected chi connectivity index (χ2v) is 3.16. The van der Waals surface area contributed by atoms with E-state index < -0.39 is 5.97 Å². The molecule has 4 heteroatoms. The van der Waals surface area contributed by atoms with E-state index in [9.17, 15) is 4.79 Å². The zero-order chi connectivity index (χ0) is 10.8. The van der Waals surface area contributed by atoms with Crippen molar-refractivity contribution in [1.29, 1.82) is 0 Å². The molecule has 0 spiro atoms. The monoisotopic (exact) mass is 203 g/mol. The molecule has 76 valence electrons. The van der Waals surface area contributed by atoms with Gasteiger partial charge in [-0.3, -0.25) is 0 Å². The fourth-order valence-corrected chi connectivity index (χ4v) is 1.37. The number of furan rings is 1. The Bertz CT molecular complexity index is 489. The van der Waals surface area contributed by atoms with E-state index in [1.165, 1.54) is 12.3 Å². The van der Waals surface area contributed by atoms with Crippen LogP contribution in [0.4, 0.5) is 5.69 Å². The van der Waals surface area contributed by atoms with E-state index >= 15 is 0 Å². The number of benzene rings is 1. The first-order chi connectivity index (χ1) is 7.16. The maximum atomic E-state index is 10.8. The summed E-state index contributed by atoms with van der Waals surface area (Å²) < 4.78 is 4.92. The van der Waals surface area contributed by atoms with Crippen LogP contribution in [-0.4, -0.2) is 11.1 Å². The summed E-state index contributed by atoms with van der Waals surface area (Å²) >= 11 is 0. The Kier molecular flexibility index (Phi) is 2.17. The molecule has 3 N–H and O–H groups in total. The van der Waals surface area contributed by atoms with Gasteiger partial charge < -0.3 is 15.3 Å². The van der Waals surface area contributed by atoms with Crippen LogP contribution in [0.2, 0.25) is 0 Å². The molecule has 4 nitrogen and oxygen atoms in total. The number of rotatable bonds is 2. The summed E-state index contributed by atoms with van der Waals surface area (Å²) in [6, 6.07) is 6.44. The van der Waals surface area contributed by atoms with Crippen LogP contribution in [0.15, 0.2) is 41.2 Å². The Morgan fingerprint density at radius 3 is 2.67 bits per heavy atom. The highest BCUT2D eigenvalue weighted by Gasteiger charge is 2.07. The maximum Gasteiger partial charge on any atom is 0.335 e. The van der Waals surface area contributed by atoms with E-state index in [0.717, 1.165) is 11.1 Å². The molecule has 0 aliphatic heterocycles. The molecule has 0 atom stereocenters. The van der Waals surface area contributed by atoms with Crippen LogP contribution in [-0.2, 0) is 0 Å². The van der Waals surface area contributed by atoms with Gasteiger partial charge in [0, 0.05) is 11.3 Å². The predicted molar refractivity (Wildman–Crippen MR) is 55.5 cm³/mol. The number of aromatic carboxylic acids is 1. The number of carboxylic acids is 1. The lowest BCUT2D eigenvalue weighted by Crippen LogP contribution is -1.98. The van der Waals surface area contributed by atoms with E-state index in [1.54, 1.807) is 24.5 Å². The Balaban J connectivity index is 2.54. The van der Waals surface area contributed by atoms with Crippen molar-refractivity contribution in [2.24, 2.45) is 0 Å². The lowest BCUT2D eigenvalue weighted by molar-refractivity contribution is 0.0697. The zero-order valence-corrected chi connectivity index (χ0v) is 7.81. The first-order valence-electron chi connectivity index (χ1n) is 4.33. The van der Waals surface area contributed by atoms with E-state index in [1.807, 2.05) is 0 Å². The molecule has 0 amide bonds. The third-order valence-electron chi connectivity index (χ3n) is 2.06. The number of nitrogens with two attached hydrogens (primary N) is 1. The molecule has 15 heavy (non-hydrogen) atoms. The van der Waals surface area contributed by atoms with Crippen molar-refractivity contribution in [3.05, 3.63) is 42.4 Å². The number of nitrogen functional groups attached to an aromatic ring is 1. The van der Waals surface area contributed by atoms with Crippen LogP contribution in [0.25, 0.3) is 11.1 Å². The van der Waals surface area contributed by atoms with Gasteiger partial charge in [0.1, 0.15) is 0 Å². The van der Waals surface area contributed by atoms with Crippen molar-refractivity contribution in [2.75, 3.05) is 5.73 Å². The number of carboxylic acid groups (broad SMARTS) is 1. The fraction of sp³-hybridized carbons (Fsp3) is 0. The van der Waals surface area contributed by atoms with Crippen molar-refractivity contribution in [3.63, 3.8) is 0 Å². The average Bonchev–Trinajstić information content (AvgIpc) is 2.69. The van der Waals surface area contributed by atoms with Crippen LogP contribution in [0.3, 0.4) is 0 Å². The molecule has 2 aromatic rings. The molecule has 1 heterocycles. The molecule has 0 unspecified atom stereocenters. The van der Waals surface area contributed by atoms with Gasteiger partial charge in [0.15, 0.2) is 0 Å². The summed E-state index contributed by atoms with van der Waals surface area (Å²) in [6.45, 7) is 0. The first kappa shape index (κ1) is 9.33. The zero-order valence-electron chi connectivity index (χ0n) is 7.81. The molecule has 2 rings (SSSR count). The molecule has 1 aromatic heterocycles. The van der Waals surface area contributed by atoms with Gasteiger partial charge >= 0.3 is 5.97 Å². The minimum Gasteiger partial charge on any atom is -0.478 e. The van der Waals surface area contributed by atoms with Crippen molar-refractivity contribution in [3.8, 4) is 11.1 Å². The quantitative estimate of drug-likeness (QED) is 0.733. The minimum absolute atomic E-state index is 0.172. The molecule has 0 aliphatic carbocycles. The van der Waals surface area contributed by atoms with Gasteiger partial charge in [0.2, 0.25) is 0 Å². The standard InChI is InChI=1S/C11H9NO3/c12-10-4-8(7-1-2-15-6-7)3-9(5-10)11(13)14/h1-6H,12H2,(H,13,14). The van der Waals surface area contributed by atoms with E-state index in [0.29, 0.717) is 5.69 Å². The number of hydrogen-bond acceptors (Lipinski definition) is 3. The van der Waals surface area contributed by atoms with Crippen molar-refractivity contribution >= 4 is 11.7 Å². The van der Waals surface area contributed by atoms with E-state index in [-0.39, 0.29) is 5.56 Å². The van der Waals surface area contributed by atoms with Gasteiger partial charge in [-0.05, 0) is 29.8 Å². The topological polar surface area (TPSA) is 76.5 Å². The van der Waals surface area contributed by atoms with Gasteiger partial charge in [0.05, 0.1) is 18.1 Å². The van der Waals surface area contributed by atoms with Gasteiger partial charge in [0.25, 0.3) is 0 Å². The molecule has 0 saturated carbocycles. The van der Waals surface area contributed by atoms with E-state index in [4.69, 9.17) is 15.3 Å². The highest BCUT2D eigenvalue weighted by Crippen LogP contribution is 2.23. The molecule has 0 bridgehead atoms. The van der Waals surface area contributed by atoms with Crippen LogP contribution in [0.1, 0.15) is 10.4 Å². The van der Waals surface area contributed by atoms with Crippen LogP contribution >= 0.6 is 0 Å². The average molecular weight is 203 g/mol. The highest BCUT2D eigenvalue weighted by molar-refractivity contribution is 5.91. The SMILES string of the molecule is Nc1cc(C(=O)O)cc(-c2ccoc2)c1. The summed E-state index contributed by atoms with van der Waals surface area (Å²) in [7, 11) is 0. The third kappa shape index (κ3) is 1.83. The second kappa shape index (κ2) is 3.49. The summed E-state index contributed by atoms with van der Waals surface area (Å²) in [5.41, 5.74) is 7.75. The molecular weight excluding hydrogens is 194 g/mol. The summed E-state index contributed by atoms with van der Waals surface area (Å²) in [5, 5.41) is 8.85. The Morgan fingerprint density at radius 2 is 2.07 bits per heavy atom. The van der Waals surface area contributed by atoms with E-state index in [2.05, 4.69) is 0 Å². The number of hydrogen-bond donors (Lipinski definition) is 2. The molecule has 0 aliphatic rings. The van der Waals surface area contributed by atoms with Gasteiger partial charge in [-0.2, -0.15) is 0 Å². The third-order valence-corrected chi connectivity index (χ3v) is 2.06. The Labute approximate surface area is 85.9 Å². The van der Waals surface area contributed by atoms with Crippen molar-refractivity contribution < 1.29 is 14.3 Å². The molecular formula is C11H9NO3. The largest absolute Gasteiger partial charge is 0.478 e. The van der Waals surface area contributed by atoms with Crippen LogP contribution < -0.4 is 5.73 Å². The van der Waals surface area contributed by atoms with Crippen LogP contribution in [0.5, 0.6) is 0 Å². The summed E-state index contributed by atoms with van der Waals surface area (Å²) in [6.07, 6.45) is 3.07. The molecule has 0 saturated heterocycles. The Hall–Kier alpha value is -2.23. The van der Waals surface area contributed by atoms with Crippen molar-refractivity contribution in [2.45, 2.75) is 0 Å². The van der Waals surface area contributed by atoms with Crippen molar-refractivity contribution in [1.82, 2.24) is 0 Å². The first-order valence-corrected chi connectivity index (χ1v) is 4.33. The van der Waals surface area contributed by atoms with Gasteiger partial charge in [-0.15, -0.1) is 0 Å². The number of carbonyl (C=O) groups is 1. The van der Waals surface area contributed by atoms with Crippen LogP contribution in [0, 0.1) is 0 Å². The lowest BCUT2D eigenvalue weighted by Gasteiger charge is -2.02. The van der Waals surface area contributed by atoms with Gasteiger partial charge in [-0.25, -0.2) is 4.79 Å². The number of anilines is 1. The maximum absolute atomic E-state index is 10.8. The molecule has 1 aromatic carbocycles. The summed E-state index contributed by atoms with van der Waals surface area (Å²) in [5.74, 6) is -0.993. The lowest BCUT2D eigenvalue weighted by atomic mass is 10.0. The normalized spacial score (nSPS) is 10.1. The second-order valence-electron chi connectivity index (χ2n) is 3.16. The molecule has 0 fully saturated rings. The fourth-order valence-electron chi connectivity index (χ4n) is 1.37. The highest BCUT2D eigenvalue weighted by atomic mass is 16.4. The minimum atomic E-state index is -0.993. The van der Waals surface area contributed by atoms with Gasteiger partial charge in [-0.1, -0.05) is 0 Å².